The van der Waals surface area contributed by atoms with Crippen molar-refractivity contribution in [3.05, 3.63) is 0 Å². The fourth-order valence-corrected chi connectivity index (χ4v) is 1.83. The Bertz CT molecular complexity index is 354. The molecule has 0 aliphatic carbocycles. The molecule has 5 heteroatoms. The van der Waals surface area contributed by atoms with E-state index in [0.29, 0.717) is 0 Å². The molecule has 17 heavy (non-hydrogen) atoms. The van der Waals surface area contributed by atoms with Crippen molar-refractivity contribution < 1.29 is 19.1 Å². The van der Waals surface area contributed by atoms with Crippen LogP contribution in [0.2, 0.25) is 0 Å². The largest absolute Gasteiger partial charge is 0.443 e. The summed E-state index contributed by atoms with van der Waals surface area (Å²) in [5.41, 5.74) is -0.676. The Labute approximate surface area is 101 Å². The molecule has 1 aliphatic rings. The van der Waals surface area contributed by atoms with Crippen molar-refractivity contribution in [1.82, 2.24) is 4.90 Å². The Kier molecular flexibility index (Phi) is 3.59. The van der Waals surface area contributed by atoms with Crippen LogP contribution in [-0.2, 0) is 14.3 Å². The first-order chi connectivity index (χ1) is 7.63. The molecule has 0 spiro atoms. The lowest BCUT2D eigenvalue weighted by atomic mass is 10.0. The van der Waals surface area contributed by atoms with Crippen LogP contribution >= 0.6 is 0 Å². The lowest BCUT2D eigenvalue weighted by Crippen LogP contribution is -2.45. The van der Waals surface area contributed by atoms with Crippen molar-refractivity contribution in [2.45, 2.75) is 52.7 Å². The minimum atomic E-state index is -0.730. The van der Waals surface area contributed by atoms with Gasteiger partial charge in [0.25, 0.3) is 0 Å². The van der Waals surface area contributed by atoms with Crippen LogP contribution in [0.3, 0.4) is 0 Å². The average molecular weight is 241 g/mol. The van der Waals surface area contributed by atoms with E-state index in [-0.39, 0.29) is 18.1 Å². The summed E-state index contributed by atoms with van der Waals surface area (Å²) in [6.07, 6.45) is -0.936. The minimum Gasteiger partial charge on any atom is -0.443 e. The third-order valence-corrected chi connectivity index (χ3v) is 2.42. The molecule has 1 atom stereocenters. The van der Waals surface area contributed by atoms with E-state index in [0.717, 1.165) is 4.90 Å². The number of imide groups is 1. The summed E-state index contributed by atoms with van der Waals surface area (Å²) in [6.45, 7) is 8.77. The van der Waals surface area contributed by atoms with E-state index >= 15 is 0 Å². The smallest absolute Gasteiger partial charge is 0.417 e. The van der Waals surface area contributed by atoms with Crippen molar-refractivity contribution in [3.8, 4) is 0 Å². The third-order valence-electron chi connectivity index (χ3n) is 2.42. The second-order valence-electron chi connectivity index (χ2n) is 5.58. The van der Waals surface area contributed by atoms with Gasteiger partial charge in [-0.25, -0.2) is 9.69 Å². The summed E-state index contributed by atoms with van der Waals surface area (Å²) in [7, 11) is 0. The first-order valence-electron chi connectivity index (χ1n) is 5.71. The average Bonchev–Trinajstić information content (AvgIpc) is 2.37. The number of carbonyl (C=O) groups is 3. The van der Waals surface area contributed by atoms with E-state index in [1.54, 1.807) is 34.6 Å². The zero-order valence-corrected chi connectivity index (χ0v) is 10.9. The van der Waals surface area contributed by atoms with Crippen LogP contribution in [0.1, 0.15) is 41.0 Å². The van der Waals surface area contributed by atoms with Gasteiger partial charge < -0.3 is 4.74 Å². The molecule has 5 nitrogen and oxygen atoms in total. The van der Waals surface area contributed by atoms with Crippen LogP contribution in [-0.4, -0.2) is 34.3 Å². The van der Waals surface area contributed by atoms with Gasteiger partial charge in [0.15, 0.2) is 5.78 Å². The number of Topliss-reactive ketones (excluding diaryl/α,β-unsaturated/α-hetero) is 1. The Balaban J connectivity index is 2.90. The zero-order chi connectivity index (χ0) is 13.4. The number of hydrogen-bond donors (Lipinski definition) is 0. The van der Waals surface area contributed by atoms with Crippen LogP contribution in [0.5, 0.6) is 0 Å². The Morgan fingerprint density at radius 2 is 1.88 bits per heavy atom. The number of hydrogen-bond acceptors (Lipinski definition) is 4. The highest BCUT2D eigenvalue weighted by molar-refractivity contribution is 6.13. The lowest BCUT2D eigenvalue weighted by Gasteiger charge is -2.28. The van der Waals surface area contributed by atoms with E-state index in [1.165, 1.54) is 0 Å². The van der Waals surface area contributed by atoms with E-state index < -0.39 is 23.6 Å². The zero-order valence-electron chi connectivity index (χ0n) is 10.9. The monoisotopic (exact) mass is 241 g/mol. The summed E-state index contributed by atoms with van der Waals surface area (Å²) in [6, 6.07) is -0.683. The van der Waals surface area contributed by atoms with Gasteiger partial charge in [0.2, 0.25) is 5.91 Å². The first-order valence-corrected chi connectivity index (χ1v) is 5.71. The molecule has 96 valence electrons. The van der Waals surface area contributed by atoms with Gasteiger partial charge >= 0.3 is 6.09 Å². The molecular weight excluding hydrogens is 222 g/mol. The van der Waals surface area contributed by atoms with Crippen molar-refractivity contribution >= 4 is 17.8 Å². The van der Waals surface area contributed by atoms with Crippen molar-refractivity contribution in [2.24, 2.45) is 5.92 Å². The third kappa shape index (κ3) is 3.05. The molecule has 1 heterocycles. The summed E-state index contributed by atoms with van der Waals surface area (Å²) in [4.78, 5) is 36.1. The van der Waals surface area contributed by atoms with E-state index in [9.17, 15) is 14.4 Å². The molecule has 0 aromatic heterocycles. The number of amides is 2. The molecular formula is C12H19NO4. The second kappa shape index (κ2) is 4.47. The van der Waals surface area contributed by atoms with E-state index in [4.69, 9.17) is 4.74 Å². The van der Waals surface area contributed by atoms with Crippen LogP contribution < -0.4 is 0 Å². The van der Waals surface area contributed by atoms with Crippen LogP contribution in [0.15, 0.2) is 0 Å². The normalized spacial score (nSPS) is 21.3. The number of ether oxygens (including phenoxy) is 1. The van der Waals surface area contributed by atoms with Gasteiger partial charge in [-0.3, -0.25) is 9.59 Å². The second-order valence-corrected chi connectivity index (χ2v) is 5.58. The molecule has 2 amide bonds. The quantitative estimate of drug-likeness (QED) is 0.656. The molecule has 0 N–H and O–H groups in total. The fourth-order valence-electron chi connectivity index (χ4n) is 1.83. The molecule has 1 fully saturated rings. The predicted molar refractivity (Wildman–Crippen MR) is 61.3 cm³/mol. The first kappa shape index (κ1) is 13.7. The standard InChI is InChI=1S/C12H19NO4/c1-7(2)10-8(14)6-9(15)13(10)11(16)17-12(3,4)5/h7,10H,6H2,1-5H3/t10-/m0/s1. The van der Waals surface area contributed by atoms with Gasteiger partial charge in [-0.05, 0) is 26.7 Å². The molecule has 0 bridgehead atoms. The summed E-state index contributed by atoms with van der Waals surface area (Å²) in [5, 5.41) is 0. The topological polar surface area (TPSA) is 63.7 Å². The molecule has 0 saturated carbocycles. The molecule has 1 saturated heterocycles. The molecule has 0 radical (unpaired) electrons. The van der Waals surface area contributed by atoms with Gasteiger partial charge in [0, 0.05) is 0 Å². The highest BCUT2D eigenvalue weighted by atomic mass is 16.6. The Hall–Kier alpha value is -1.39. The number of carbonyl (C=O) groups excluding carboxylic acids is 3. The maximum absolute atomic E-state index is 11.9. The molecule has 0 aromatic rings. The van der Waals surface area contributed by atoms with Crippen LogP contribution in [0.4, 0.5) is 4.79 Å². The van der Waals surface area contributed by atoms with Gasteiger partial charge in [-0.15, -0.1) is 0 Å². The predicted octanol–water partition coefficient (Wildman–Crippen LogP) is 1.75. The van der Waals surface area contributed by atoms with Crippen molar-refractivity contribution in [2.75, 3.05) is 0 Å². The SMILES string of the molecule is CC(C)[C@H]1C(=O)CC(=O)N1C(=O)OC(C)(C)C. The minimum absolute atomic E-state index is 0.0959. The van der Waals surface area contributed by atoms with Crippen molar-refractivity contribution in [3.63, 3.8) is 0 Å². The van der Waals surface area contributed by atoms with Gasteiger partial charge in [-0.2, -0.15) is 0 Å². The summed E-state index contributed by atoms with van der Waals surface area (Å²) >= 11 is 0. The van der Waals surface area contributed by atoms with Gasteiger partial charge in [-0.1, -0.05) is 13.8 Å². The molecule has 0 unspecified atom stereocenters. The Morgan fingerprint density at radius 3 is 2.29 bits per heavy atom. The number of rotatable bonds is 1. The fraction of sp³-hybridized carbons (Fsp3) is 0.750. The van der Waals surface area contributed by atoms with Gasteiger partial charge in [0.1, 0.15) is 11.6 Å². The van der Waals surface area contributed by atoms with Gasteiger partial charge in [0.05, 0.1) is 6.42 Å². The van der Waals surface area contributed by atoms with Crippen LogP contribution in [0.25, 0.3) is 0 Å². The molecule has 0 aromatic carbocycles. The lowest BCUT2D eigenvalue weighted by molar-refractivity contribution is -0.128. The summed E-state index contributed by atoms with van der Waals surface area (Å²) < 4.78 is 5.13. The number of ketones is 1. The van der Waals surface area contributed by atoms with Crippen LogP contribution in [0, 0.1) is 5.92 Å². The highest BCUT2D eigenvalue weighted by Gasteiger charge is 2.45. The van der Waals surface area contributed by atoms with E-state index in [1.807, 2.05) is 0 Å². The Morgan fingerprint density at radius 1 is 1.35 bits per heavy atom. The van der Waals surface area contributed by atoms with Crippen molar-refractivity contribution in [1.29, 1.82) is 0 Å². The molecule has 1 rings (SSSR count). The molecule has 1 aliphatic heterocycles. The number of nitrogens with zero attached hydrogens (tertiary/aromatic N) is 1. The highest BCUT2D eigenvalue weighted by Crippen LogP contribution is 2.24. The maximum Gasteiger partial charge on any atom is 0.417 e. The summed E-state index contributed by atoms with van der Waals surface area (Å²) in [5.74, 6) is -0.778. The maximum atomic E-state index is 11.9. The van der Waals surface area contributed by atoms with E-state index in [2.05, 4.69) is 0 Å². The number of likely N-dealkylation sites (tertiary alicyclic amines) is 1.